The lowest BCUT2D eigenvalue weighted by molar-refractivity contribution is 0.446. The van der Waals surface area contributed by atoms with E-state index >= 15 is 0 Å². The second-order valence-corrected chi connectivity index (χ2v) is 4.76. The van der Waals surface area contributed by atoms with Crippen molar-refractivity contribution in [2.24, 2.45) is 0 Å². The number of aromatic nitrogens is 3. The molecule has 3 aromatic rings. The summed E-state index contributed by atoms with van der Waals surface area (Å²) in [6.45, 7) is 3.23. The van der Waals surface area contributed by atoms with Gasteiger partial charge in [0.05, 0.1) is 12.2 Å². The molecule has 0 fully saturated rings. The van der Waals surface area contributed by atoms with Crippen LogP contribution in [0.1, 0.15) is 17.0 Å². The van der Waals surface area contributed by atoms with E-state index in [4.69, 9.17) is 4.52 Å². The fraction of sp³-hybridized carbons (Fsp3) is 0.214. The summed E-state index contributed by atoms with van der Waals surface area (Å²) >= 11 is 0. The number of nitrogens with zero attached hydrogens (tertiary/aromatic N) is 3. The van der Waals surface area contributed by atoms with Crippen molar-refractivity contribution in [1.82, 2.24) is 14.9 Å². The maximum absolute atomic E-state index is 13.7. The molecule has 2 aromatic heterocycles. The number of aryl methyl sites for hydroxylation is 2. The lowest BCUT2D eigenvalue weighted by Crippen LogP contribution is -2.25. The molecular formula is C14H11F2N3O2. The SMILES string of the molecule is Cc1nn(Cc2ccc(F)cc2F)c(=O)c2c(C)noc12. The molecule has 0 aliphatic heterocycles. The van der Waals surface area contributed by atoms with Crippen LogP contribution in [0.15, 0.2) is 27.5 Å². The maximum atomic E-state index is 13.7. The molecule has 0 spiro atoms. The van der Waals surface area contributed by atoms with E-state index in [1.54, 1.807) is 13.8 Å². The molecule has 21 heavy (non-hydrogen) atoms. The summed E-state index contributed by atoms with van der Waals surface area (Å²) in [4.78, 5) is 12.3. The highest BCUT2D eigenvalue weighted by Gasteiger charge is 2.16. The Hall–Kier alpha value is -2.57. The Bertz CT molecular complexity index is 899. The van der Waals surface area contributed by atoms with Crippen LogP contribution in [0.25, 0.3) is 11.0 Å². The van der Waals surface area contributed by atoms with Gasteiger partial charge in [0.2, 0.25) is 0 Å². The average molecular weight is 291 g/mol. The number of halogens is 2. The second-order valence-electron chi connectivity index (χ2n) is 4.76. The largest absolute Gasteiger partial charge is 0.354 e. The van der Waals surface area contributed by atoms with Crippen LogP contribution >= 0.6 is 0 Å². The molecule has 0 bridgehead atoms. The van der Waals surface area contributed by atoms with Crippen LogP contribution < -0.4 is 5.56 Å². The van der Waals surface area contributed by atoms with E-state index in [9.17, 15) is 13.6 Å². The van der Waals surface area contributed by atoms with E-state index in [1.165, 1.54) is 6.07 Å². The molecule has 0 radical (unpaired) electrons. The Labute approximate surface area is 117 Å². The normalized spacial score (nSPS) is 11.2. The molecule has 0 aliphatic carbocycles. The minimum absolute atomic E-state index is 0.0909. The zero-order valence-corrected chi connectivity index (χ0v) is 11.4. The summed E-state index contributed by atoms with van der Waals surface area (Å²) in [5, 5.41) is 8.15. The Balaban J connectivity index is 2.15. The van der Waals surface area contributed by atoms with Crippen molar-refractivity contribution in [3.05, 3.63) is 57.1 Å². The van der Waals surface area contributed by atoms with Crippen LogP contribution in [0.4, 0.5) is 8.78 Å². The van der Waals surface area contributed by atoms with Crippen LogP contribution in [0.3, 0.4) is 0 Å². The standard InChI is InChI=1S/C14H11F2N3O2/c1-7-12-13(21-18-7)8(2)17-19(14(12)20)6-9-3-4-10(15)5-11(9)16/h3-5H,6H2,1-2H3. The fourth-order valence-electron chi connectivity index (χ4n) is 2.19. The molecule has 0 aliphatic rings. The number of benzene rings is 1. The fourth-order valence-corrected chi connectivity index (χ4v) is 2.19. The van der Waals surface area contributed by atoms with Gasteiger partial charge in [0.15, 0.2) is 5.58 Å². The van der Waals surface area contributed by atoms with Crippen molar-refractivity contribution in [2.45, 2.75) is 20.4 Å². The summed E-state index contributed by atoms with van der Waals surface area (Å²) in [7, 11) is 0. The van der Waals surface area contributed by atoms with Gasteiger partial charge in [-0.25, -0.2) is 13.5 Å². The van der Waals surface area contributed by atoms with Gasteiger partial charge in [-0.1, -0.05) is 11.2 Å². The third-order valence-corrected chi connectivity index (χ3v) is 3.25. The van der Waals surface area contributed by atoms with Crippen LogP contribution in [-0.2, 0) is 6.54 Å². The van der Waals surface area contributed by atoms with Crippen LogP contribution in [0.5, 0.6) is 0 Å². The first-order chi connectivity index (χ1) is 9.97. The smallest absolute Gasteiger partial charge is 0.280 e. The van der Waals surface area contributed by atoms with Crippen molar-refractivity contribution < 1.29 is 13.3 Å². The average Bonchev–Trinajstić information content (AvgIpc) is 2.81. The van der Waals surface area contributed by atoms with Crippen molar-refractivity contribution in [1.29, 1.82) is 0 Å². The molecule has 0 N–H and O–H groups in total. The van der Waals surface area contributed by atoms with Gasteiger partial charge in [-0.3, -0.25) is 4.79 Å². The maximum Gasteiger partial charge on any atom is 0.280 e. The lowest BCUT2D eigenvalue weighted by Gasteiger charge is -2.07. The molecule has 0 atom stereocenters. The molecule has 1 aromatic carbocycles. The monoisotopic (exact) mass is 291 g/mol. The number of rotatable bonds is 2. The summed E-state index contributed by atoms with van der Waals surface area (Å²) in [6, 6.07) is 3.20. The van der Waals surface area contributed by atoms with Crippen LogP contribution in [0, 0.1) is 25.5 Å². The predicted molar refractivity (Wildman–Crippen MR) is 71.0 cm³/mol. The van der Waals surface area contributed by atoms with Crippen molar-refractivity contribution >= 4 is 11.0 Å². The van der Waals surface area contributed by atoms with E-state index in [-0.39, 0.29) is 12.1 Å². The third kappa shape index (κ3) is 2.20. The first-order valence-corrected chi connectivity index (χ1v) is 6.25. The van der Waals surface area contributed by atoms with E-state index in [0.29, 0.717) is 22.4 Å². The Kier molecular flexibility index (Phi) is 3.04. The molecular weight excluding hydrogens is 280 g/mol. The second kappa shape index (κ2) is 4.76. The van der Waals surface area contributed by atoms with Crippen molar-refractivity contribution in [3.8, 4) is 0 Å². The van der Waals surface area contributed by atoms with Crippen molar-refractivity contribution in [2.75, 3.05) is 0 Å². The van der Waals surface area contributed by atoms with Crippen LogP contribution in [-0.4, -0.2) is 14.9 Å². The van der Waals surface area contributed by atoms with Gasteiger partial charge in [-0.05, 0) is 19.9 Å². The highest BCUT2D eigenvalue weighted by atomic mass is 19.1. The summed E-state index contributed by atoms with van der Waals surface area (Å²) in [6.07, 6.45) is 0. The Morgan fingerprint density at radius 1 is 1.24 bits per heavy atom. The van der Waals surface area contributed by atoms with Gasteiger partial charge >= 0.3 is 0 Å². The topological polar surface area (TPSA) is 60.9 Å². The molecule has 3 rings (SSSR count). The lowest BCUT2D eigenvalue weighted by atomic mass is 10.2. The molecule has 2 heterocycles. The first-order valence-electron chi connectivity index (χ1n) is 6.25. The minimum Gasteiger partial charge on any atom is -0.354 e. The molecule has 5 nitrogen and oxygen atoms in total. The zero-order chi connectivity index (χ0) is 15.1. The van der Waals surface area contributed by atoms with Gasteiger partial charge in [0.1, 0.15) is 22.7 Å². The molecule has 108 valence electrons. The molecule has 0 amide bonds. The van der Waals surface area contributed by atoms with Gasteiger partial charge in [0.25, 0.3) is 5.56 Å². The summed E-state index contributed by atoms with van der Waals surface area (Å²) in [5.74, 6) is -1.39. The molecule has 7 heteroatoms. The van der Waals surface area contributed by atoms with Crippen molar-refractivity contribution in [3.63, 3.8) is 0 Å². The van der Waals surface area contributed by atoms with E-state index in [2.05, 4.69) is 10.3 Å². The summed E-state index contributed by atoms with van der Waals surface area (Å²) in [5.41, 5.74) is 1.02. The van der Waals surface area contributed by atoms with E-state index in [0.717, 1.165) is 16.8 Å². The van der Waals surface area contributed by atoms with Gasteiger partial charge in [0, 0.05) is 11.6 Å². The Morgan fingerprint density at radius 2 is 2.00 bits per heavy atom. The predicted octanol–water partition coefficient (Wildman–Crippen LogP) is 2.33. The third-order valence-electron chi connectivity index (χ3n) is 3.25. The molecule has 0 saturated carbocycles. The van der Waals surface area contributed by atoms with E-state index in [1.807, 2.05) is 0 Å². The highest BCUT2D eigenvalue weighted by Crippen LogP contribution is 2.16. The number of hydrogen-bond acceptors (Lipinski definition) is 4. The number of hydrogen-bond donors (Lipinski definition) is 0. The molecule has 0 unspecified atom stereocenters. The Morgan fingerprint density at radius 3 is 2.71 bits per heavy atom. The zero-order valence-electron chi connectivity index (χ0n) is 11.4. The van der Waals surface area contributed by atoms with Crippen LogP contribution in [0.2, 0.25) is 0 Å². The van der Waals surface area contributed by atoms with Gasteiger partial charge in [-0.15, -0.1) is 0 Å². The molecule has 0 saturated heterocycles. The first kappa shape index (κ1) is 13.4. The minimum atomic E-state index is -0.719. The van der Waals surface area contributed by atoms with Gasteiger partial charge < -0.3 is 4.52 Å². The van der Waals surface area contributed by atoms with E-state index < -0.39 is 17.2 Å². The quantitative estimate of drug-likeness (QED) is 0.727. The number of fused-ring (bicyclic) bond motifs is 1. The summed E-state index contributed by atoms with van der Waals surface area (Å²) < 4.78 is 32.8. The highest BCUT2D eigenvalue weighted by molar-refractivity contribution is 5.79. The van der Waals surface area contributed by atoms with Gasteiger partial charge in [-0.2, -0.15) is 5.10 Å².